The van der Waals surface area contributed by atoms with Gasteiger partial charge in [-0.2, -0.15) is 0 Å². The van der Waals surface area contributed by atoms with Crippen molar-refractivity contribution in [2.45, 2.75) is 64.5 Å². The van der Waals surface area contributed by atoms with Gasteiger partial charge in [0.15, 0.2) is 0 Å². The Morgan fingerprint density at radius 3 is 2.48 bits per heavy atom. The van der Waals surface area contributed by atoms with Gasteiger partial charge in [-0.3, -0.25) is 0 Å². The zero-order chi connectivity index (χ0) is 18.4. The van der Waals surface area contributed by atoms with Crippen LogP contribution in [0.15, 0.2) is 24.3 Å². The molecule has 1 aromatic rings. The smallest absolute Gasteiger partial charge is 0.410 e. The number of hydrogen-bond donors (Lipinski definition) is 2. The Balaban J connectivity index is 1.94. The van der Waals surface area contributed by atoms with Crippen LogP contribution in [0.4, 0.5) is 15.3 Å². The van der Waals surface area contributed by atoms with Crippen LogP contribution < -0.4 is 15.4 Å². The van der Waals surface area contributed by atoms with E-state index in [9.17, 15) is 9.59 Å². The minimum absolute atomic E-state index is 0.136. The van der Waals surface area contributed by atoms with E-state index >= 15 is 0 Å². The molecule has 0 atom stereocenters. The second-order valence-electron chi connectivity index (χ2n) is 7.63. The van der Waals surface area contributed by atoms with E-state index in [1.54, 1.807) is 29.2 Å². The summed E-state index contributed by atoms with van der Waals surface area (Å²) in [6.45, 7) is 5.64. The lowest BCUT2D eigenvalue weighted by molar-refractivity contribution is 0.186. The third-order valence-electron chi connectivity index (χ3n) is 4.22. The summed E-state index contributed by atoms with van der Waals surface area (Å²) in [7, 11) is 1.84. The van der Waals surface area contributed by atoms with Crippen molar-refractivity contribution in [3.05, 3.63) is 24.3 Å². The maximum atomic E-state index is 12.4. The monoisotopic (exact) mass is 347 g/mol. The van der Waals surface area contributed by atoms with Gasteiger partial charge in [0.2, 0.25) is 0 Å². The van der Waals surface area contributed by atoms with E-state index in [1.165, 1.54) is 19.3 Å². The van der Waals surface area contributed by atoms with Crippen molar-refractivity contribution >= 4 is 17.8 Å². The Hall–Kier alpha value is -2.24. The Morgan fingerprint density at radius 2 is 1.84 bits per heavy atom. The van der Waals surface area contributed by atoms with Crippen LogP contribution in [-0.2, 0) is 0 Å². The minimum Gasteiger partial charge on any atom is -0.410 e. The Bertz CT molecular complexity index is 604. The molecule has 0 aromatic heterocycles. The molecular formula is C19H29N3O3. The highest BCUT2D eigenvalue weighted by Crippen LogP contribution is 2.23. The minimum atomic E-state index is -0.518. The van der Waals surface area contributed by atoms with Crippen LogP contribution in [0.1, 0.15) is 52.9 Å². The van der Waals surface area contributed by atoms with E-state index in [0.717, 1.165) is 12.8 Å². The number of hydrogen-bond acceptors (Lipinski definition) is 3. The molecule has 0 bridgehead atoms. The van der Waals surface area contributed by atoms with Gasteiger partial charge in [0.05, 0.1) is 0 Å². The Kier molecular flexibility index (Phi) is 6.28. The number of anilines is 1. The summed E-state index contributed by atoms with van der Waals surface area (Å²) in [6.07, 6.45) is 5.20. The fourth-order valence-electron chi connectivity index (χ4n) is 2.92. The van der Waals surface area contributed by atoms with Gasteiger partial charge in [0, 0.05) is 30.4 Å². The quantitative estimate of drug-likeness (QED) is 0.853. The van der Waals surface area contributed by atoms with Gasteiger partial charge < -0.3 is 20.3 Å². The topological polar surface area (TPSA) is 70.7 Å². The van der Waals surface area contributed by atoms with E-state index in [-0.39, 0.29) is 11.6 Å². The second-order valence-corrected chi connectivity index (χ2v) is 7.63. The van der Waals surface area contributed by atoms with Crippen LogP contribution in [0, 0.1) is 0 Å². The molecule has 0 aliphatic heterocycles. The molecule has 2 rings (SSSR count). The first-order chi connectivity index (χ1) is 11.7. The van der Waals surface area contributed by atoms with Crippen molar-refractivity contribution < 1.29 is 14.3 Å². The van der Waals surface area contributed by atoms with Crippen LogP contribution in [0.25, 0.3) is 0 Å². The van der Waals surface area contributed by atoms with Gasteiger partial charge in [-0.25, -0.2) is 9.59 Å². The second kappa shape index (κ2) is 8.23. The third kappa shape index (κ3) is 6.29. The zero-order valence-electron chi connectivity index (χ0n) is 15.6. The number of carbonyl (C=O) groups excluding carboxylic acids is 2. The Labute approximate surface area is 149 Å². The number of rotatable bonds is 3. The van der Waals surface area contributed by atoms with Crippen LogP contribution in [0.2, 0.25) is 0 Å². The van der Waals surface area contributed by atoms with Gasteiger partial charge in [-0.05, 0) is 45.7 Å². The number of amides is 3. The summed E-state index contributed by atoms with van der Waals surface area (Å²) < 4.78 is 5.27. The lowest BCUT2D eigenvalue weighted by Crippen LogP contribution is -2.42. The largest absolute Gasteiger partial charge is 0.413 e. The normalized spacial score (nSPS) is 15.4. The summed E-state index contributed by atoms with van der Waals surface area (Å²) in [5, 5.41) is 5.61. The first-order valence-corrected chi connectivity index (χ1v) is 8.88. The van der Waals surface area contributed by atoms with Crippen molar-refractivity contribution in [2.75, 3.05) is 12.4 Å². The fraction of sp³-hybridized carbons (Fsp3) is 0.579. The maximum Gasteiger partial charge on any atom is 0.413 e. The molecule has 6 nitrogen and oxygen atoms in total. The number of nitrogens with zero attached hydrogens (tertiary/aromatic N) is 1. The molecule has 138 valence electrons. The summed E-state index contributed by atoms with van der Waals surface area (Å²) in [5.41, 5.74) is 0.236. The highest BCUT2D eigenvalue weighted by atomic mass is 16.6. The number of carbonyl (C=O) groups is 2. The van der Waals surface area contributed by atoms with E-state index in [0.29, 0.717) is 17.5 Å². The molecule has 0 saturated heterocycles. The number of nitrogens with one attached hydrogen (secondary N) is 2. The van der Waals surface area contributed by atoms with Crippen molar-refractivity contribution in [3.63, 3.8) is 0 Å². The zero-order valence-corrected chi connectivity index (χ0v) is 15.6. The number of urea groups is 1. The van der Waals surface area contributed by atoms with Crippen LogP contribution in [0.5, 0.6) is 5.75 Å². The van der Waals surface area contributed by atoms with Crippen LogP contribution in [0.3, 0.4) is 0 Å². The van der Waals surface area contributed by atoms with Crippen molar-refractivity contribution in [1.82, 2.24) is 10.2 Å². The van der Waals surface area contributed by atoms with E-state index < -0.39 is 6.09 Å². The lowest BCUT2D eigenvalue weighted by atomic mass is 9.95. The average molecular weight is 347 g/mol. The molecule has 25 heavy (non-hydrogen) atoms. The predicted molar refractivity (Wildman–Crippen MR) is 99.0 cm³/mol. The fourth-order valence-corrected chi connectivity index (χ4v) is 2.92. The molecule has 1 aliphatic rings. The number of benzene rings is 1. The van der Waals surface area contributed by atoms with Gasteiger partial charge in [-0.15, -0.1) is 0 Å². The first-order valence-electron chi connectivity index (χ1n) is 8.88. The first kappa shape index (κ1) is 19.1. The third-order valence-corrected chi connectivity index (χ3v) is 4.22. The maximum absolute atomic E-state index is 12.4. The predicted octanol–water partition coefficient (Wildman–Crippen LogP) is 4.37. The van der Waals surface area contributed by atoms with Gasteiger partial charge >= 0.3 is 12.1 Å². The van der Waals surface area contributed by atoms with Gasteiger partial charge in [-0.1, -0.05) is 25.3 Å². The molecule has 1 aliphatic carbocycles. The average Bonchev–Trinajstić information content (AvgIpc) is 2.53. The SMILES string of the molecule is CN(C(=O)Nc1cccc(OC(=O)NC(C)(C)C)c1)C1CCCCC1. The van der Waals surface area contributed by atoms with E-state index in [2.05, 4.69) is 10.6 Å². The highest BCUT2D eigenvalue weighted by Gasteiger charge is 2.22. The number of ether oxygens (including phenoxy) is 1. The molecular weight excluding hydrogens is 318 g/mol. The molecule has 0 radical (unpaired) electrons. The van der Waals surface area contributed by atoms with Crippen molar-refractivity contribution in [1.29, 1.82) is 0 Å². The van der Waals surface area contributed by atoms with Crippen molar-refractivity contribution in [3.8, 4) is 5.75 Å². The highest BCUT2D eigenvalue weighted by molar-refractivity contribution is 5.89. The summed E-state index contributed by atoms with van der Waals surface area (Å²) in [5.74, 6) is 0.389. The van der Waals surface area contributed by atoms with E-state index in [4.69, 9.17) is 4.74 Å². The standard InChI is InChI=1S/C19H29N3O3/c1-19(2,3)21-18(24)25-16-12-8-9-14(13-16)20-17(23)22(4)15-10-6-5-7-11-15/h8-9,12-13,15H,5-7,10-11H2,1-4H3,(H,20,23)(H,21,24). The van der Waals surface area contributed by atoms with Crippen molar-refractivity contribution in [2.24, 2.45) is 0 Å². The Morgan fingerprint density at radius 1 is 1.16 bits per heavy atom. The summed E-state index contributed by atoms with van der Waals surface area (Å²) in [6, 6.07) is 7.02. The van der Waals surface area contributed by atoms with Crippen LogP contribution in [-0.4, -0.2) is 35.7 Å². The summed E-state index contributed by atoms with van der Waals surface area (Å²) in [4.78, 5) is 26.1. The molecule has 1 saturated carbocycles. The molecule has 1 fully saturated rings. The summed E-state index contributed by atoms with van der Waals surface area (Å²) >= 11 is 0. The lowest BCUT2D eigenvalue weighted by Gasteiger charge is -2.31. The molecule has 2 N–H and O–H groups in total. The molecule has 3 amide bonds. The van der Waals surface area contributed by atoms with Gasteiger partial charge in [0.25, 0.3) is 0 Å². The van der Waals surface area contributed by atoms with E-state index in [1.807, 2.05) is 27.8 Å². The molecule has 1 aromatic carbocycles. The van der Waals surface area contributed by atoms with Gasteiger partial charge in [0.1, 0.15) is 5.75 Å². The molecule has 0 unspecified atom stereocenters. The molecule has 0 heterocycles. The molecule has 0 spiro atoms. The molecule has 6 heteroatoms. The van der Waals surface area contributed by atoms with Crippen LogP contribution >= 0.6 is 0 Å².